The number of aryl methyl sites for hydroxylation is 2. The van der Waals surface area contributed by atoms with E-state index in [0.717, 1.165) is 20.8 Å². The minimum Gasteiger partial charge on any atom is -0.436 e. The highest BCUT2D eigenvalue weighted by Crippen LogP contribution is 2.32. The van der Waals surface area contributed by atoms with Crippen molar-refractivity contribution in [2.45, 2.75) is 24.0 Å². The third-order valence-corrected chi connectivity index (χ3v) is 3.84. The highest BCUT2D eigenvalue weighted by molar-refractivity contribution is 9.10. The number of halogens is 1. The van der Waals surface area contributed by atoms with Gasteiger partial charge >= 0.3 is 0 Å². The molecule has 0 unspecified atom stereocenters. The van der Waals surface area contributed by atoms with Crippen LogP contribution in [0.5, 0.6) is 0 Å². The van der Waals surface area contributed by atoms with Crippen molar-refractivity contribution in [2.75, 3.05) is 0 Å². The van der Waals surface area contributed by atoms with E-state index < -0.39 is 0 Å². The highest BCUT2D eigenvalue weighted by Gasteiger charge is 2.12. The third kappa shape index (κ3) is 2.76. The van der Waals surface area contributed by atoms with Gasteiger partial charge in [-0.25, -0.2) is 4.98 Å². The number of nitrogens with zero attached hydrogens (tertiary/aromatic N) is 1. The molecule has 1 aromatic carbocycles. The van der Waals surface area contributed by atoms with Crippen molar-refractivity contribution in [3.8, 4) is 0 Å². The van der Waals surface area contributed by atoms with Gasteiger partial charge in [-0.1, -0.05) is 15.9 Å². The number of benzene rings is 1. The van der Waals surface area contributed by atoms with E-state index in [1.807, 2.05) is 26.0 Å². The maximum atomic E-state index is 7.56. The molecule has 0 bridgehead atoms. The molecule has 1 heterocycles. The molecule has 18 heavy (non-hydrogen) atoms. The standard InChI is InChI=1S/C12H12BrN3OS/c1-6-7(2)17-12(16-6)18-10-5-8(13)3-4-9(10)11(14)15/h3-5H,1-2H3,(H3,14,15). The molecule has 0 amide bonds. The minimum atomic E-state index is 0.0324. The van der Waals surface area contributed by atoms with E-state index in [0.29, 0.717) is 10.8 Å². The van der Waals surface area contributed by atoms with Crippen LogP contribution in [-0.2, 0) is 0 Å². The molecule has 0 spiro atoms. The molecule has 0 aliphatic heterocycles. The zero-order chi connectivity index (χ0) is 13.3. The van der Waals surface area contributed by atoms with Gasteiger partial charge in [0.15, 0.2) is 0 Å². The van der Waals surface area contributed by atoms with Gasteiger partial charge in [0, 0.05) is 14.9 Å². The SMILES string of the molecule is Cc1nc(Sc2cc(Br)ccc2C(=N)N)oc1C. The predicted molar refractivity (Wildman–Crippen MR) is 75.3 cm³/mol. The van der Waals surface area contributed by atoms with Gasteiger partial charge in [-0.05, 0) is 43.8 Å². The zero-order valence-corrected chi connectivity index (χ0v) is 12.4. The van der Waals surface area contributed by atoms with E-state index in [9.17, 15) is 0 Å². The molecule has 94 valence electrons. The van der Waals surface area contributed by atoms with Gasteiger partial charge in [0.2, 0.25) is 0 Å². The third-order valence-electron chi connectivity index (χ3n) is 2.44. The van der Waals surface area contributed by atoms with Crippen LogP contribution in [0.25, 0.3) is 0 Å². The van der Waals surface area contributed by atoms with E-state index in [1.165, 1.54) is 11.8 Å². The van der Waals surface area contributed by atoms with Crippen LogP contribution < -0.4 is 5.73 Å². The summed E-state index contributed by atoms with van der Waals surface area (Å²) in [4.78, 5) is 5.15. The summed E-state index contributed by atoms with van der Waals surface area (Å²) < 4.78 is 6.44. The van der Waals surface area contributed by atoms with Crippen LogP contribution in [0, 0.1) is 19.3 Å². The second-order valence-electron chi connectivity index (χ2n) is 3.78. The Bertz CT molecular complexity index is 590. The molecule has 0 fully saturated rings. The minimum absolute atomic E-state index is 0.0324. The Morgan fingerprint density at radius 3 is 2.72 bits per heavy atom. The van der Waals surface area contributed by atoms with E-state index >= 15 is 0 Å². The monoisotopic (exact) mass is 325 g/mol. The average Bonchev–Trinajstić information content (AvgIpc) is 2.57. The van der Waals surface area contributed by atoms with Gasteiger partial charge in [-0.3, -0.25) is 5.41 Å². The first-order valence-electron chi connectivity index (χ1n) is 5.23. The first kappa shape index (κ1) is 13.2. The van der Waals surface area contributed by atoms with Crippen molar-refractivity contribution in [1.29, 1.82) is 5.41 Å². The fraction of sp³-hybridized carbons (Fsp3) is 0.167. The topological polar surface area (TPSA) is 75.9 Å². The Morgan fingerprint density at radius 2 is 2.17 bits per heavy atom. The van der Waals surface area contributed by atoms with Crippen molar-refractivity contribution < 1.29 is 4.42 Å². The largest absolute Gasteiger partial charge is 0.436 e. The van der Waals surface area contributed by atoms with Gasteiger partial charge in [0.1, 0.15) is 11.6 Å². The summed E-state index contributed by atoms with van der Waals surface area (Å²) >= 11 is 4.77. The smallest absolute Gasteiger partial charge is 0.261 e. The maximum Gasteiger partial charge on any atom is 0.261 e. The van der Waals surface area contributed by atoms with Gasteiger partial charge in [0.05, 0.1) is 5.69 Å². The molecule has 0 aliphatic carbocycles. The molecular weight excluding hydrogens is 314 g/mol. The van der Waals surface area contributed by atoms with E-state index in [4.69, 9.17) is 15.6 Å². The number of amidine groups is 1. The molecule has 0 radical (unpaired) electrons. The molecule has 2 rings (SSSR count). The Balaban J connectivity index is 2.38. The Labute approximate surface area is 118 Å². The Kier molecular flexibility index (Phi) is 3.77. The van der Waals surface area contributed by atoms with Crippen LogP contribution in [0.2, 0.25) is 0 Å². The van der Waals surface area contributed by atoms with Gasteiger partial charge in [0.25, 0.3) is 5.22 Å². The number of oxazole rings is 1. The Morgan fingerprint density at radius 1 is 1.44 bits per heavy atom. The predicted octanol–water partition coefficient (Wildman–Crippen LogP) is 3.49. The summed E-state index contributed by atoms with van der Waals surface area (Å²) in [7, 11) is 0. The van der Waals surface area contributed by atoms with Crippen LogP contribution in [0.15, 0.2) is 37.2 Å². The van der Waals surface area contributed by atoms with Gasteiger partial charge in [-0.2, -0.15) is 0 Å². The number of nitrogens with one attached hydrogen (secondary N) is 1. The molecule has 0 atom stereocenters. The lowest BCUT2D eigenvalue weighted by Gasteiger charge is -2.06. The summed E-state index contributed by atoms with van der Waals surface area (Å²) in [5, 5.41) is 8.12. The molecular formula is C12H12BrN3OS. The van der Waals surface area contributed by atoms with Crippen molar-refractivity contribution in [3.63, 3.8) is 0 Å². The maximum absolute atomic E-state index is 7.56. The molecule has 2 aromatic rings. The molecule has 6 heteroatoms. The normalized spacial score (nSPS) is 10.6. The average molecular weight is 326 g/mol. The number of hydrogen-bond donors (Lipinski definition) is 2. The molecule has 4 nitrogen and oxygen atoms in total. The molecule has 3 N–H and O–H groups in total. The van der Waals surface area contributed by atoms with E-state index in [-0.39, 0.29) is 5.84 Å². The fourth-order valence-corrected chi connectivity index (χ4v) is 2.91. The first-order chi connectivity index (χ1) is 8.47. The van der Waals surface area contributed by atoms with Crippen molar-refractivity contribution >= 4 is 33.5 Å². The van der Waals surface area contributed by atoms with Crippen molar-refractivity contribution in [2.24, 2.45) is 5.73 Å². The Hall–Kier alpha value is -1.27. The number of nitrogens with two attached hydrogens (primary N) is 1. The molecule has 0 saturated heterocycles. The van der Waals surface area contributed by atoms with E-state index in [2.05, 4.69) is 20.9 Å². The lowest BCUT2D eigenvalue weighted by Crippen LogP contribution is -2.12. The number of hydrogen-bond acceptors (Lipinski definition) is 4. The fourth-order valence-electron chi connectivity index (χ4n) is 1.38. The van der Waals surface area contributed by atoms with Crippen LogP contribution in [-0.4, -0.2) is 10.8 Å². The quantitative estimate of drug-likeness (QED) is 0.669. The number of rotatable bonds is 3. The first-order valence-corrected chi connectivity index (χ1v) is 6.84. The summed E-state index contributed by atoms with van der Waals surface area (Å²) in [6.07, 6.45) is 0. The van der Waals surface area contributed by atoms with Crippen LogP contribution >= 0.6 is 27.7 Å². The van der Waals surface area contributed by atoms with E-state index in [1.54, 1.807) is 6.07 Å². The summed E-state index contributed by atoms with van der Waals surface area (Å²) in [5.74, 6) is 0.835. The van der Waals surface area contributed by atoms with Gasteiger partial charge in [-0.15, -0.1) is 0 Å². The number of aromatic nitrogens is 1. The second-order valence-corrected chi connectivity index (χ2v) is 5.69. The van der Waals surface area contributed by atoms with Crippen LogP contribution in [0.3, 0.4) is 0 Å². The molecule has 0 aliphatic rings. The number of nitrogen functional groups attached to an aromatic ring is 1. The molecule has 0 saturated carbocycles. The van der Waals surface area contributed by atoms with Crippen LogP contribution in [0.1, 0.15) is 17.0 Å². The second kappa shape index (κ2) is 5.16. The summed E-state index contributed by atoms with van der Waals surface area (Å²) in [6, 6.07) is 5.56. The molecule has 1 aromatic heterocycles. The van der Waals surface area contributed by atoms with Crippen LogP contribution in [0.4, 0.5) is 0 Å². The lowest BCUT2D eigenvalue weighted by molar-refractivity contribution is 0.431. The van der Waals surface area contributed by atoms with Gasteiger partial charge < -0.3 is 10.2 Å². The van der Waals surface area contributed by atoms with Crippen molar-refractivity contribution in [3.05, 3.63) is 39.7 Å². The lowest BCUT2D eigenvalue weighted by atomic mass is 10.2. The van der Waals surface area contributed by atoms with Crippen molar-refractivity contribution in [1.82, 2.24) is 4.98 Å². The highest BCUT2D eigenvalue weighted by atomic mass is 79.9. The zero-order valence-electron chi connectivity index (χ0n) is 9.95. The summed E-state index contributed by atoms with van der Waals surface area (Å²) in [5.41, 5.74) is 7.11. The summed E-state index contributed by atoms with van der Waals surface area (Å²) in [6.45, 7) is 3.77.